The lowest BCUT2D eigenvalue weighted by Gasteiger charge is -2.22. The maximum atomic E-state index is 14.1. The molecular weight excluding hydrogens is 367 g/mol. The molecule has 28 heavy (non-hydrogen) atoms. The van der Waals surface area contributed by atoms with E-state index in [-0.39, 0.29) is 0 Å². The number of aryl methyl sites for hydroxylation is 3. The molecule has 0 spiro atoms. The van der Waals surface area contributed by atoms with Crippen LogP contribution in [0.15, 0.2) is 79.6 Å². The second-order valence-electron chi connectivity index (χ2n) is 7.10. The number of aromatic nitrogens is 2. The van der Waals surface area contributed by atoms with Crippen LogP contribution in [0.5, 0.6) is 0 Å². The molecule has 2 aromatic carbocycles. The molecule has 0 amide bonds. The van der Waals surface area contributed by atoms with Gasteiger partial charge in [0.05, 0.1) is 13.2 Å². The van der Waals surface area contributed by atoms with E-state index in [0.29, 0.717) is 31.0 Å². The van der Waals surface area contributed by atoms with Crippen LogP contribution in [0.3, 0.4) is 0 Å². The lowest BCUT2D eigenvalue weighted by atomic mass is 10.2. The average molecular weight is 395 g/mol. The fourth-order valence-electron chi connectivity index (χ4n) is 3.47. The van der Waals surface area contributed by atoms with Crippen molar-refractivity contribution in [2.45, 2.75) is 18.7 Å². The third-order valence-corrected chi connectivity index (χ3v) is 8.28. The first-order valence-corrected chi connectivity index (χ1v) is 11.7. The van der Waals surface area contributed by atoms with Crippen LogP contribution < -0.4 is 4.57 Å². The molecule has 1 N–H and O–H groups in total. The van der Waals surface area contributed by atoms with Crippen LogP contribution in [0.1, 0.15) is 22.8 Å². The summed E-state index contributed by atoms with van der Waals surface area (Å²) in [7, 11) is -1.07. The number of hydrogen-bond donors (Lipinski definition) is 1. The van der Waals surface area contributed by atoms with E-state index < -0.39 is 13.0 Å². The van der Waals surface area contributed by atoms with Gasteiger partial charge >= 0.3 is 0 Å². The molecule has 0 saturated carbocycles. The average Bonchev–Trinajstić information content (AvgIpc) is 3.12. The second kappa shape index (κ2) is 9.18. The maximum absolute atomic E-state index is 14.1. The van der Waals surface area contributed by atoms with Gasteiger partial charge in [0.15, 0.2) is 0 Å². The Hall–Kier alpha value is -2.42. The number of nitrogens with zero attached hydrogens (tertiary/aromatic N) is 2. The molecule has 1 unspecified atom stereocenters. The minimum Gasteiger partial charge on any atom is -0.374 e. The van der Waals surface area contributed by atoms with Crippen LogP contribution in [-0.4, -0.2) is 22.0 Å². The van der Waals surface area contributed by atoms with Crippen LogP contribution in [0.2, 0.25) is 0 Å². The van der Waals surface area contributed by atoms with E-state index in [1.165, 1.54) is 0 Å². The molecular formula is C23H28N2O2P+. The van der Waals surface area contributed by atoms with E-state index in [2.05, 4.69) is 6.58 Å². The molecule has 1 atom stereocenters. The SMILES string of the molecule is C=Cn1cc[n+](C)c1C(O)P(=O)(CCc1ccccc1)CCc1ccccc1. The van der Waals surface area contributed by atoms with Crippen molar-refractivity contribution in [2.24, 2.45) is 7.05 Å². The Morgan fingerprint density at radius 1 is 1.04 bits per heavy atom. The molecule has 0 bridgehead atoms. The third kappa shape index (κ3) is 4.70. The summed E-state index contributed by atoms with van der Waals surface area (Å²) in [5.74, 6) is -0.419. The number of hydrogen-bond acceptors (Lipinski definition) is 2. The monoisotopic (exact) mass is 395 g/mol. The molecule has 5 heteroatoms. The van der Waals surface area contributed by atoms with Crippen LogP contribution in [-0.2, 0) is 24.5 Å². The van der Waals surface area contributed by atoms with Gasteiger partial charge in [-0.25, -0.2) is 9.13 Å². The molecule has 0 aliphatic rings. The minimum atomic E-state index is -2.93. The van der Waals surface area contributed by atoms with Gasteiger partial charge in [0.25, 0.3) is 5.82 Å². The molecule has 0 aliphatic heterocycles. The van der Waals surface area contributed by atoms with Gasteiger partial charge < -0.3 is 9.67 Å². The largest absolute Gasteiger partial charge is 0.374 e. The van der Waals surface area contributed by atoms with Crippen LogP contribution >= 0.6 is 7.14 Å². The summed E-state index contributed by atoms with van der Waals surface area (Å²) < 4.78 is 17.6. The molecule has 0 fully saturated rings. The molecule has 3 aromatic rings. The highest BCUT2D eigenvalue weighted by Crippen LogP contribution is 2.57. The van der Waals surface area contributed by atoms with Gasteiger partial charge in [-0.1, -0.05) is 67.2 Å². The normalized spacial score (nSPS) is 12.6. The topological polar surface area (TPSA) is 46.1 Å². The first-order valence-electron chi connectivity index (χ1n) is 9.56. The summed E-state index contributed by atoms with van der Waals surface area (Å²) in [4.78, 5) is 0. The summed E-state index contributed by atoms with van der Waals surface area (Å²) in [5.41, 5.74) is 2.27. The molecule has 1 aromatic heterocycles. The second-order valence-corrected chi connectivity index (χ2v) is 10.4. The zero-order valence-corrected chi connectivity index (χ0v) is 17.2. The number of imidazole rings is 1. The molecule has 0 radical (unpaired) electrons. The zero-order chi connectivity index (χ0) is 20.0. The zero-order valence-electron chi connectivity index (χ0n) is 16.3. The van der Waals surface area contributed by atoms with E-state index in [4.69, 9.17) is 0 Å². The summed E-state index contributed by atoms with van der Waals surface area (Å²) in [5, 5.41) is 11.2. The van der Waals surface area contributed by atoms with Gasteiger partial charge in [0.2, 0.25) is 5.85 Å². The Morgan fingerprint density at radius 2 is 1.54 bits per heavy atom. The Balaban J connectivity index is 1.87. The molecule has 146 valence electrons. The van der Waals surface area contributed by atoms with E-state index in [0.717, 1.165) is 11.1 Å². The third-order valence-electron chi connectivity index (χ3n) is 5.19. The number of benzene rings is 2. The van der Waals surface area contributed by atoms with Gasteiger partial charge in [-0.15, -0.1) is 0 Å². The summed E-state index contributed by atoms with van der Waals surface area (Å²) in [6, 6.07) is 20.1. The first kappa shape index (κ1) is 20.3. The predicted molar refractivity (Wildman–Crippen MR) is 115 cm³/mol. The van der Waals surface area contributed by atoms with Crippen molar-refractivity contribution in [3.8, 4) is 0 Å². The van der Waals surface area contributed by atoms with Crippen LogP contribution in [0.25, 0.3) is 6.20 Å². The van der Waals surface area contributed by atoms with E-state index in [1.807, 2.05) is 84.7 Å². The van der Waals surface area contributed by atoms with E-state index in [9.17, 15) is 9.67 Å². The Kier molecular flexibility index (Phi) is 6.66. The van der Waals surface area contributed by atoms with Gasteiger partial charge in [-0.05, 0) is 24.0 Å². The van der Waals surface area contributed by atoms with Gasteiger partial charge in [0, 0.05) is 12.3 Å². The standard InChI is InChI=1S/C23H28N2O2P/c1-3-25-17-16-24(2)22(25)23(26)28(27,18-14-20-10-6-4-7-11-20)19-15-21-12-8-5-9-13-21/h3-13,16-17,23,26H,1,14-15,18-19H2,2H3/q+1. The Morgan fingerprint density at radius 3 is 2.00 bits per heavy atom. The highest BCUT2D eigenvalue weighted by Gasteiger charge is 2.39. The lowest BCUT2D eigenvalue weighted by molar-refractivity contribution is -0.680. The molecule has 1 heterocycles. The van der Waals surface area contributed by atoms with Crippen molar-refractivity contribution in [1.82, 2.24) is 4.57 Å². The van der Waals surface area contributed by atoms with Gasteiger partial charge in [-0.3, -0.25) is 0 Å². The van der Waals surface area contributed by atoms with Crippen molar-refractivity contribution in [1.29, 1.82) is 0 Å². The van der Waals surface area contributed by atoms with Crippen molar-refractivity contribution < 1.29 is 14.2 Å². The molecule has 0 aliphatic carbocycles. The number of aliphatic hydroxyl groups is 1. The number of aliphatic hydroxyl groups excluding tert-OH is 1. The fourth-order valence-corrected chi connectivity index (χ4v) is 6.19. The molecule has 0 saturated heterocycles. The first-order chi connectivity index (χ1) is 13.5. The Bertz CT molecular complexity index is 904. The van der Waals surface area contributed by atoms with Gasteiger partial charge in [-0.2, -0.15) is 0 Å². The van der Waals surface area contributed by atoms with Crippen molar-refractivity contribution >= 4 is 13.3 Å². The summed E-state index contributed by atoms with van der Waals surface area (Å²) >= 11 is 0. The lowest BCUT2D eigenvalue weighted by Crippen LogP contribution is -2.34. The molecule has 3 rings (SSSR count). The van der Waals surface area contributed by atoms with E-state index in [1.54, 1.807) is 10.8 Å². The number of rotatable bonds is 9. The highest BCUT2D eigenvalue weighted by atomic mass is 31.2. The maximum Gasteiger partial charge on any atom is 0.298 e. The van der Waals surface area contributed by atoms with Gasteiger partial charge in [0.1, 0.15) is 19.5 Å². The Labute approximate surface area is 167 Å². The summed E-state index contributed by atoms with van der Waals surface area (Å²) in [6.07, 6.45) is 7.60. The van der Waals surface area contributed by atoms with Crippen molar-refractivity contribution in [3.05, 3.63) is 96.6 Å². The smallest absolute Gasteiger partial charge is 0.298 e. The predicted octanol–water partition coefficient (Wildman–Crippen LogP) is 4.25. The minimum absolute atomic E-state index is 0.466. The van der Waals surface area contributed by atoms with Crippen LogP contribution in [0.4, 0.5) is 0 Å². The van der Waals surface area contributed by atoms with Crippen molar-refractivity contribution in [2.75, 3.05) is 12.3 Å². The molecule has 4 nitrogen and oxygen atoms in total. The van der Waals surface area contributed by atoms with Crippen molar-refractivity contribution in [3.63, 3.8) is 0 Å². The van der Waals surface area contributed by atoms with Crippen LogP contribution in [0, 0.1) is 0 Å². The quantitative estimate of drug-likeness (QED) is 0.435. The summed E-state index contributed by atoms with van der Waals surface area (Å²) in [6.45, 7) is 3.81. The fraction of sp³-hybridized carbons (Fsp3) is 0.261. The van der Waals surface area contributed by atoms with E-state index >= 15 is 0 Å². The highest BCUT2D eigenvalue weighted by molar-refractivity contribution is 7.64.